The van der Waals surface area contributed by atoms with Crippen LogP contribution in [0.25, 0.3) is 6.08 Å². The quantitative estimate of drug-likeness (QED) is 0.843. The average molecular weight is 350 g/mol. The molecule has 0 heterocycles. The zero-order valence-electron chi connectivity index (χ0n) is 8.54. The Bertz CT molecular complexity index is 427. The van der Waals surface area contributed by atoms with Crippen LogP contribution < -0.4 is 4.74 Å². The highest BCUT2D eigenvalue weighted by Gasteiger charge is 2.07. The summed E-state index contributed by atoms with van der Waals surface area (Å²) in [5.41, 5.74) is 0.713. The lowest BCUT2D eigenvalue weighted by Gasteiger charge is -2.10. The van der Waals surface area contributed by atoms with Crippen molar-refractivity contribution in [2.45, 2.75) is 6.92 Å². The normalized spacial score (nSPS) is 10.7. The van der Waals surface area contributed by atoms with E-state index < -0.39 is 5.97 Å². The minimum absolute atomic E-state index is 0.522. The number of carboxylic acid groups (broad SMARTS) is 1. The van der Waals surface area contributed by atoms with Crippen molar-refractivity contribution >= 4 is 43.9 Å². The predicted octanol–water partition coefficient (Wildman–Crippen LogP) is 3.71. The van der Waals surface area contributed by atoms with Crippen LogP contribution in [0, 0.1) is 0 Å². The van der Waals surface area contributed by atoms with Crippen molar-refractivity contribution in [3.05, 3.63) is 32.7 Å². The molecular formula is C11H10Br2O3. The lowest BCUT2D eigenvalue weighted by Crippen LogP contribution is -1.96. The van der Waals surface area contributed by atoms with Crippen molar-refractivity contribution in [2.75, 3.05) is 6.61 Å². The first-order valence-electron chi connectivity index (χ1n) is 4.57. The highest BCUT2D eigenvalue weighted by Crippen LogP contribution is 2.33. The highest BCUT2D eigenvalue weighted by molar-refractivity contribution is 9.11. The Hall–Kier alpha value is -0.810. The molecule has 0 aliphatic rings. The summed E-state index contributed by atoms with van der Waals surface area (Å²) in [6.45, 7) is 2.40. The standard InChI is InChI=1S/C11H10Br2O3/c1-2-16-11-7(3-4-10(14)15)5-8(12)6-9(11)13/h3-6H,2H2,1H3,(H,14,15). The van der Waals surface area contributed by atoms with Crippen LogP contribution in [0.1, 0.15) is 12.5 Å². The first-order valence-corrected chi connectivity index (χ1v) is 6.16. The van der Waals surface area contributed by atoms with Crippen LogP contribution in [0.4, 0.5) is 0 Å². The van der Waals surface area contributed by atoms with Crippen LogP contribution in [0.5, 0.6) is 5.75 Å². The fourth-order valence-corrected chi connectivity index (χ4v) is 2.53. The summed E-state index contributed by atoms with van der Waals surface area (Å²) in [7, 11) is 0. The van der Waals surface area contributed by atoms with Gasteiger partial charge in [-0.2, -0.15) is 0 Å². The molecule has 0 aliphatic heterocycles. The van der Waals surface area contributed by atoms with E-state index >= 15 is 0 Å². The van der Waals surface area contributed by atoms with Gasteiger partial charge >= 0.3 is 5.97 Å². The van der Waals surface area contributed by atoms with Gasteiger partial charge in [0.1, 0.15) is 5.75 Å². The molecule has 0 aliphatic carbocycles. The molecule has 5 heteroatoms. The Labute approximate surface area is 110 Å². The molecule has 16 heavy (non-hydrogen) atoms. The SMILES string of the molecule is CCOc1c(Br)cc(Br)cc1C=CC(=O)O. The van der Waals surface area contributed by atoms with E-state index in [9.17, 15) is 4.79 Å². The molecule has 1 aromatic rings. The van der Waals surface area contributed by atoms with Gasteiger partial charge in [0, 0.05) is 16.1 Å². The van der Waals surface area contributed by atoms with Gasteiger partial charge in [-0.1, -0.05) is 15.9 Å². The minimum Gasteiger partial charge on any atom is -0.492 e. The number of hydrogen-bond acceptors (Lipinski definition) is 2. The maximum absolute atomic E-state index is 10.5. The van der Waals surface area contributed by atoms with Crippen LogP contribution in [-0.4, -0.2) is 17.7 Å². The molecular weight excluding hydrogens is 340 g/mol. The number of aliphatic carboxylic acids is 1. The molecule has 86 valence electrons. The molecule has 0 aromatic heterocycles. The molecule has 0 saturated carbocycles. The number of halogens is 2. The van der Waals surface area contributed by atoms with Gasteiger partial charge in [0.15, 0.2) is 0 Å². The van der Waals surface area contributed by atoms with Gasteiger partial charge < -0.3 is 9.84 Å². The van der Waals surface area contributed by atoms with E-state index in [2.05, 4.69) is 31.9 Å². The number of rotatable bonds is 4. The monoisotopic (exact) mass is 348 g/mol. The van der Waals surface area contributed by atoms with Crippen molar-refractivity contribution in [1.29, 1.82) is 0 Å². The van der Waals surface area contributed by atoms with Gasteiger partial charge in [-0.3, -0.25) is 0 Å². The number of carboxylic acids is 1. The lowest BCUT2D eigenvalue weighted by atomic mass is 10.2. The van der Waals surface area contributed by atoms with E-state index in [1.807, 2.05) is 13.0 Å². The summed E-state index contributed by atoms with van der Waals surface area (Å²) in [5, 5.41) is 8.58. The van der Waals surface area contributed by atoms with Crippen molar-refractivity contribution in [1.82, 2.24) is 0 Å². The minimum atomic E-state index is -0.987. The summed E-state index contributed by atoms with van der Waals surface area (Å²) in [6, 6.07) is 3.65. The fraction of sp³-hybridized carbons (Fsp3) is 0.182. The number of carbonyl (C=O) groups is 1. The first-order chi connectivity index (χ1) is 7.54. The van der Waals surface area contributed by atoms with E-state index in [1.165, 1.54) is 6.08 Å². The first kappa shape index (κ1) is 13.3. The maximum Gasteiger partial charge on any atom is 0.328 e. The molecule has 0 atom stereocenters. The van der Waals surface area contributed by atoms with E-state index in [-0.39, 0.29) is 0 Å². The molecule has 1 aromatic carbocycles. The topological polar surface area (TPSA) is 46.5 Å². The molecule has 1 rings (SSSR count). The smallest absolute Gasteiger partial charge is 0.328 e. The molecule has 0 radical (unpaired) electrons. The van der Waals surface area contributed by atoms with Crippen LogP contribution in [0.15, 0.2) is 27.2 Å². The van der Waals surface area contributed by atoms with Crippen LogP contribution >= 0.6 is 31.9 Å². The lowest BCUT2D eigenvalue weighted by molar-refractivity contribution is -0.131. The second-order valence-electron chi connectivity index (χ2n) is 2.91. The van der Waals surface area contributed by atoms with E-state index in [4.69, 9.17) is 9.84 Å². The largest absolute Gasteiger partial charge is 0.492 e. The second kappa shape index (κ2) is 6.06. The summed E-state index contributed by atoms with van der Waals surface area (Å²) >= 11 is 6.71. The number of hydrogen-bond donors (Lipinski definition) is 1. The zero-order valence-corrected chi connectivity index (χ0v) is 11.7. The highest BCUT2D eigenvalue weighted by atomic mass is 79.9. The van der Waals surface area contributed by atoms with Crippen molar-refractivity contribution < 1.29 is 14.6 Å². The summed E-state index contributed by atoms with van der Waals surface area (Å²) in [5.74, 6) is -0.346. The van der Waals surface area contributed by atoms with Gasteiger partial charge in [0.25, 0.3) is 0 Å². The summed E-state index contributed by atoms with van der Waals surface area (Å²) in [6.07, 6.45) is 2.58. The number of benzene rings is 1. The Morgan fingerprint density at radius 1 is 1.50 bits per heavy atom. The summed E-state index contributed by atoms with van der Waals surface area (Å²) in [4.78, 5) is 10.5. The predicted molar refractivity (Wildman–Crippen MR) is 69.7 cm³/mol. The average Bonchev–Trinajstić information content (AvgIpc) is 2.19. The molecule has 0 amide bonds. The van der Waals surface area contributed by atoms with Crippen molar-refractivity contribution in [3.63, 3.8) is 0 Å². The fourth-order valence-electron chi connectivity index (χ4n) is 1.16. The zero-order chi connectivity index (χ0) is 12.1. The van der Waals surface area contributed by atoms with Crippen molar-refractivity contribution in [2.24, 2.45) is 0 Å². The van der Waals surface area contributed by atoms with Gasteiger partial charge in [-0.05, 0) is 41.1 Å². The van der Waals surface area contributed by atoms with E-state index in [0.29, 0.717) is 17.9 Å². The third-order valence-corrected chi connectivity index (χ3v) is 2.78. The maximum atomic E-state index is 10.5. The molecule has 0 saturated heterocycles. The third-order valence-electron chi connectivity index (χ3n) is 1.73. The molecule has 0 bridgehead atoms. The Morgan fingerprint density at radius 3 is 2.75 bits per heavy atom. The van der Waals surface area contributed by atoms with Gasteiger partial charge in [-0.25, -0.2) is 4.79 Å². The van der Waals surface area contributed by atoms with Gasteiger partial charge in [0.2, 0.25) is 0 Å². The number of ether oxygens (including phenoxy) is 1. The second-order valence-corrected chi connectivity index (χ2v) is 4.68. The third kappa shape index (κ3) is 3.64. The van der Waals surface area contributed by atoms with Crippen LogP contribution in [-0.2, 0) is 4.79 Å². The van der Waals surface area contributed by atoms with E-state index in [0.717, 1.165) is 15.0 Å². The Balaban J connectivity index is 3.18. The molecule has 0 fully saturated rings. The van der Waals surface area contributed by atoms with Gasteiger partial charge in [-0.15, -0.1) is 0 Å². The molecule has 1 N–H and O–H groups in total. The van der Waals surface area contributed by atoms with Gasteiger partial charge in [0.05, 0.1) is 11.1 Å². The Kier molecular flexibility index (Phi) is 5.02. The molecule has 0 unspecified atom stereocenters. The molecule has 0 spiro atoms. The van der Waals surface area contributed by atoms with Crippen LogP contribution in [0.3, 0.4) is 0 Å². The van der Waals surface area contributed by atoms with Crippen molar-refractivity contribution in [3.8, 4) is 5.75 Å². The molecule has 3 nitrogen and oxygen atoms in total. The summed E-state index contributed by atoms with van der Waals surface area (Å²) < 4.78 is 7.08. The Morgan fingerprint density at radius 2 is 2.19 bits per heavy atom. The van der Waals surface area contributed by atoms with E-state index in [1.54, 1.807) is 6.07 Å². The van der Waals surface area contributed by atoms with Crippen LogP contribution in [0.2, 0.25) is 0 Å².